The minimum atomic E-state index is 0.0899. The number of hydrogen-bond acceptors (Lipinski definition) is 5. The Hall–Kier alpha value is -2.41. The highest BCUT2D eigenvalue weighted by Gasteiger charge is 2.42. The maximum absolute atomic E-state index is 12.7. The zero-order chi connectivity index (χ0) is 19.4. The molecule has 2 aliphatic rings. The zero-order valence-electron chi connectivity index (χ0n) is 16.6. The summed E-state index contributed by atoms with van der Waals surface area (Å²) in [6, 6.07) is 9.55. The molecule has 0 radical (unpaired) electrons. The molecule has 2 aliphatic heterocycles. The van der Waals surface area contributed by atoms with Gasteiger partial charge in [-0.2, -0.15) is 5.10 Å². The monoisotopic (exact) mass is 383 g/mol. The van der Waals surface area contributed by atoms with Crippen LogP contribution in [0.5, 0.6) is 5.75 Å². The number of likely N-dealkylation sites (tertiary alicyclic amines) is 2. The van der Waals surface area contributed by atoms with Crippen LogP contribution in [0.15, 0.2) is 36.7 Å². The molecule has 0 N–H and O–H groups in total. The first-order valence-corrected chi connectivity index (χ1v) is 10.2. The van der Waals surface area contributed by atoms with Crippen molar-refractivity contribution in [2.45, 2.75) is 39.3 Å². The van der Waals surface area contributed by atoms with Crippen LogP contribution in [0, 0.1) is 5.41 Å². The Balaban J connectivity index is 1.32. The normalized spacial score (nSPS) is 22.7. The predicted molar refractivity (Wildman–Crippen MR) is 106 cm³/mol. The first kappa shape index (κ1) is 18.9. The van der Waals surface area contributed by atoms with Crippen molar-refractivity contribution in [2.75, 3.05) is 32.8 Å². The van der Waals surface area contributed by atoms with Gasteiger partial charge in [0.25, 0.3) is 5.91 Å². The molecule has 0 bridgehead atoms. The maximum atomic E-state index is 12.7. The van der Waals surface area contributed by atoms with Crippen LogP contribution < -0.4 is 4.74 Å². The van der Waals surface area contributed by atoms with Crippen LogP contribution in [0.1, 0.15) is 32.0 Å². The van der Waals surface area contributed by atoms with Gasteiger partial charge < -0.3 is 9.64 Å². The Morgan fingerprint density at radius 1 is 1.18 bits per heavy atom. The van der Waals surface area contributed by atoms with Gasteiger partial charge in [0.15, 0.2) is 6.61 Å². The first-order valence-electron chi connectivity index (χ1n) is 10.2. The third kappa shape index (κ3) is 4.19. The summed E-state index contributed by atoms with van der Waals surface area (Å²) in [5, 5.41) is 4.27. The summed E-state index contributed by atoms with van der Waals surface area (Å²) in [4.78, 5) is 21.6. The molecule has 2 aromatic rings. The number of nitrogens with zero attached hydrogens (tertiary/aromatic N) is 5. The van der Waals surface area contributed by atoms with E-state index in [0.29, 0.717) is 0 Å². The summed E-state index contributed by atoms with van der Waals surface area (Å²) >= 11 is 0. The lowest BCUT2D eigenvalue weighted by Gasteiger charge is -2.40. The highest BCUT2D eigenvalue weighted by atomic mass is 16.5. The number of aryl methyl sites for hydroxylation is 1. The van der Waals surface area contributed by atoms with Crippen molar-refractivity contribution in [1.82, 2.24) is 24.6 Å². The largest absolute Gasteiger partial charge is 0.484 e. The van der Waals surface area contributed by atoms with E-state index >= 15 is 0 Å². The number of para-hydroxylation sites is 1. The van der Waals surface area contributed by atoms with Crippen molar-refractivity contribution in [3.63, 3.8) is 0 Å². The number of carbonyl (C=O) groups is 1. The third-order valence-electron chi connectivity index (χ3n) is 6.00. The summed E-state index contributed by atoms with van der Waals surface area (Å²) in [7, 11) is 0. The molecule has 1 aromatic heterocycles. The zero-order valence-corrected chi connectivity index (χ0v) is 16.6. The first-order chi connectivity index (χ1) is 13.7. The molecule has 7 nitrogen and oxygen atoms in total. The van der Waals surface area contributed by atoms with Crippen molar-refractivity contribution in [3.8, 4) is 5.75 Å². The summed E-state index contributed by atoms with van der Waals surface area (Å²) in [6.45, 7) is 7.63. The molecule has 2 saturated heterocycles. The lowest BCUT2D eigenvalue weighted by Crippen LogP contribution is -2.48. The number of piperidine rings is 1. The summed E-state index contributed by atoms with van der Waals surface area (Å²) < 4.78 is 7.63. The van der Waals surface area contributed by atoms with E-state index in [1.54, 1.807) is 6.33 Å². The molecule has 4 rings (SSSR count). The number of aromatic nitrogens is 3. The lowest BCUT2D eigenvalue weighted by molar-refractivity contribution is -0.136. The van der Waals surface area contributed by atoms with Crippen LogP contribution >= 0.6 is 0 Å². The molecule has 1 spiro atoms. The Kier molecular flexibility index (Phi) is 5.62. The Morgan fingerprint density at radius 2 is 2.04 bits per heavy atom. The molecule has 1 aromatic carbocycles. The van der Waals surface area contributed by atoms with E-state index in [0.717, 1.165) is 63.7 Å². The van der Waals surface area contributed by atoms with Gasteiger partial charge in [-0.1, -0.05) is 18.2 Å². The van der Waals surface area contributed by atoms with Crippen LogP contribution in [-0.4, -0.2) is 63.3 Å². The molecule has 7 heteroatoms. The molecule has 1 atom stereocenters. The second-order valence-corrected chi connectivity index (χ2v) is 7.97. The molecular weight excluding hydrogens is 354 g/mol. The topological polar surface area (TPSA) is 63.5 Å². The van der Waals surface area contributed by atoms with Crippen LogP contribution in [-0.2, 0) is 17.9 Å². The molecule has 0 unspecified atom stereocenters. The minimum absolute atomic E-state index is 0.0899. The second kappa shape index (κ2) is 8.31. The van der Waals surface area contributed by atoms with E-state index in [2.05, 4.69) is 21.9 Å². The molecule has 1 amide bonds. The Labute approximate surface area is 166 Å². The van der Waals surface area contributed by atoms with E-state index in [9.17, 15) is 4.79 Å². The van der Waals surface area contributed by atoms with Gasteiger partial charge in [0.05, 0.1) is 6.54 Å². The molecule has 3 heterocycles. The molecule has 0 saturated carbocycles. The molecule has 28 heavy (non-hydrogen) atoms. The van der Waals surface area contributed by atoms with E-state index in [1.165, 1.54) is 6.42 Å². The Morgan fingerprint density at radius 3 is 2.86 bits per heavy atom. The SMILES string of the molecule is CCn1ncnc1CN1CC[C@]2(CCCN(C(=O)COc3ccccc3)C2)C1. The van der Waals surface area contributed by atoms with Crippen molar-refractivity contribution in [3.05, 3.63) is 42.5 Å². The number of benzene rings is 1. The third-order valence-corrected chi connectivity index (χ3v) is 6.00. The quantitative estimate of drug-likeness (QED) is 0.765. The van der Waals surface area contributed by atoms with Crippen LogP contribution in [0.2, 0.25) is 0 Å². The molecule has 150 valence electrons. The smallest absolute Gasteiger partial charge is 0.260 e. The number of rotatable bonds is 6. The average molecular weight is 383 g/mol. The number of hydrogen-bond donors (Lipinski definition) is 0. The van der Waals surface area contributed by atoms with Gasteiger partial charge in [-0.3, -0.25) is 9.69 Å². The fourth-order valence-electron chi connectivity index (χ4n) is 4.54. The van der Waals surface area contributed by atoms with Crippen LogP contribution in [0.25, 0.3) is 0 Å². The van der Waals surface area contributed by atoms with E-state index < -0.39 is 0 Å². The van der Waals surface area contributed by atoms with E-state index in [-0.39, 0.29) is 17.9 Å². The van der Waals surface area contributed by atoms with Gasteiger partial charge in [-0.05, 0) is 44.9 Å². The average Bonchev–Trinajstić information content (AvgIpc) is 3.34. The fourth-order valence-corrected chi connectivity index (χ4v) is 4.54. The summed E-state index contributed by atoms with van der Waals surface area (Å²) in [5.74, 6) is 1.86. The van der Waals surface area contributed by atoms with Crippen molar-refractivity contribution in [1.29, 1.82) is 0 Å². The van der Waals surface area contributed by atoms with Gasteiger partial charge in [0.1, 0.15) is 17.9 Å². The van der Waals surface area contributed by atoms with E-state index in [4.69, 9.17) is 4.74 Å². The van der Waals surface area contributed by atoms with Gasteiger partial charge >= 0.3 is 0 Å². The van der Waals surface area contributed by atoms with E-state index in [1.807, 2.05) is 39.9 Å². The van der Waals surface area contributed by atoms with Crippen molar-refractivity contribution < 1.29 is 9.53 Å². The van der Waals surface area contributed by atoms with Gasteiger partial charge in [0, 0.05) is 31.6 Å². The van der Waals surface area contributed by atoms with Crippen LogP contribution in [0.3, 0.4) is 0 Å². The van der Waals surface area contributed by atoms with Gasteiger partial charge in [0.2, 0.25) is 0 Å². The predicted octanol–water partition coefficient (Wildman–Crippen LogP) is 2.19. The maximum Gasteiger partial charge on any atom is 0.260 e. The Bertz CT molecular complexity index is 793. The number of ether oxygens (including phenoxy) is 1. The molecule has 0 aliphatic carbocycles. The standard InChI is InChI=1S/C21H29N5O2/c1-2-26-19(22-17-23-26)13-24-12-10-21(15-24)9-6-11-25(16-21)20(27)14-28-18-7-4-3-5-8-18/h3-5,7-8,17H,2,6,9-16H2,1H3/t21-/m1/s1. The number of amides is 1. The summed E-state index contributed by atoms with van der Waals surface area (Å²) in [6.07, 6.45) is 5.03. The van der Waals surface area contributed by atoms with Crippen LogP contribution in [0.4, 0.5) is 0 Å². The van der Waals surface area contributed by atoms with Gasteiger partial charge in [-0.25, -0.2) is 9.67 Å². The minimum Gasteiger partial charge on any atom is -0.484 e. The summed E-state index contributed by atoms with van der Waals surface area (Å²) in [5.41, 5.74) is 0.206. The van der Waals surface area contributed by atoms with Crippen molar-refractivity contribution >= 4 is 5.91 Å². The highest BCUT2D eigenvalue weighted by molar-refractivity contribution is 5.78. The van der Waals surface area contributed by atoms with Crippen molar-refractivity contribution in [2.24, 2.45) is 5.41 Å². The fraction of sp³-hybridized carbons (Fsp3) is 0.571. The molecular formula is C21H29N5O2. The lowest BCUT2D eigenvalue weighted by atomic mass is 9.79. The molecule has 2 fully saturated rings. The highest BCUT2D eigenvalue weighted by Crippen LogP contribution is 2.39. The van der Waals surface area contributed by atoms with Gasteiger partial charge in [-0.15, -0.1) is 0 Å². The number of carbonyl (C=O) groups excluding carboxylic acids is 1. The second-order valence-electron chi connectivity index (χ2n) is 7.97.